The van der Waals surface area contributed by atoms with Gasteiger partial charge in [0.05, 0.1) is 35.4 Å². The second-order valence-corrected chi connectivity index (χ2v) is 6.67. The average Bonchev–Trinajstić information content (AvgIpc) is 2.74. The lowest BCUT2D eigenvalue weighted by Gasteiger charge is -2.27. The highest BCUT2D eigenvalue weighted by Gasteiger charge is 2.22. The largest absolute Gasteiger partial charge is 0.486 e. The normalized spacial score (nSPS) is 15.2. The van der Waals surface area contributed by atoms with E-state index >= 15 is 0 Å². The second kappa shape index (κ2) is 7.89. The van der Waals surface area contributed by atoms with Crippen molar-refractivity contribution in [2.75, 3.05) is 5.32 Å². The minimum atomic E-state index is -0.0437. The van der Waals surface area contributed by atoms with Gasteiger partial charge >= 0.3 is 0 Å². The van der Waals surface area contributed by atoms with Crippen molar-refractivity contribution in [3.05, 3.63) is 77.1 Å². The summed E-state index contributed by atoms with van der Waals surface area (Å²) in [6.45, 7) is 0. The van der Waals surface area contributed by atoms with Gasteiger partial charge in [0.2, 0.25) is 0 Å². The first-order chi connectivity index (χ1) is 13.8. The number of aromatic nitrogens is 2. The molecule has 0 amide bonds. The summed E-state index contributed by atoms with van der Waals surface area (Å²) in [4.78, 5) is 0. The molecule has 1 heterocycles. The van der Waals surface area contributed by atoms with Gasteiger partial charge in [0.25, 0.3) is 0 Å². The Morgan fingerprint density at radius 3 is 2.89 bits per heavy atom. The van der Waals surface area contributed by atoms with Crippen LogP contribution < -0.4 is 10.1 Å². The van der Waals surface area contributed by atoms with Crippen LogP contribution in [0.2, 0.25) is 0 Å². The summed E-state index contributed by atoms with van der Waals surface area (Å²) in [6, 6.07) is 15.5. The van der Waals surface area contributed by atoms with Gasteiger partial charge in [0.15, 0.2) is 0 Å². The molecule has 1 aliphatic rings. The molecule has 6 nitrogen and oxygen atoms in total. The third-order valence-corrected chi connectivity index (χ3v) is 4.85. The van der Waals surface area contributed by atoms with Crippen molar-refractivity contribution in [1.29, 1.82) is 10.7 Å². The molecule has 0 spiro atoms. The smallest absolute Gasteiger partial charge is 0.124 e. The minimum absolute atomic E-state index is 0.0437. The van der Waals surface area contributed by atoms with E-state index in [9.17, 15) is 0 Å². The highest BCUT2D eigenvalue weighted by molar-refractivity contribution is 5.87. The molecule has 3 aromatic rings. The minimum Gasteiger partial charge on any atom is -0.486 e. The molecule has 0 fully saturated rings. The maximum absolute atomic E-state index is 9.13. The van der Waals surface area contributed by atoms with Crippen LogP contribution in [0.4, 0.5) is 11.4 Å². The fraction of sp³-hybridized carbons (Fsp3) is 0.182. The lowest BCUT2D eigenvalue weighted by molar-refractivity contribution is 0.183. The lowest BCUT2D eigenvalue weighted by Crippen LogP contribution is -2.15. The van der Waals surface area contributed by atoms with E-state index in [1.165, 1.54) is 11.8 Å². The third-order valence-electron chi connectivity index (χ3n) is 4.85. The van der Waals surface area contributed by atoms with Crippen molar-refractivity contribution < 1.29 is 4.74 Å². The first kappa shape index (κ1) is 17.7. The number of ether oxygens (including phenoxy) is 1. The number of benzene rings is 2. The standard InChI is InChI=1S/C22H19N5O/c23-12-15-4-7-20-16(10-15)2-1-3-22(20)28-19-6-5-17(13-24)21(11-19)27-18-8-9-25-26-14-18/h4-11,13-14,22,24H,1-3H2,(H,25,27)/t22-/m1/s1. The van der Waals surface area contributed by atoms with E-state index in [-0.39, 0.29) is 6.10 Å². The molecule has 0 bridgehead atoms. The van der Waals surface area contributed by atoms with Crippen LogP contribution in [-0.2, 0) is 6.42 Å². The van der Waals surface area contributed by atoms with Crippen LogP contribution in [0.1, 0.15) is 41.2 Å². The molecule has 1 atom stereocenters. The van der Waals surface area contributed by atoms with Crippen molar-refractivity contribution >= 4 is 17.6 Å². The Bertz CT molecular complexity index is 1040. The fourth-order valence-electron chi connectivity index (χ4n) is 3.49. The van der Waals surface area contributed by atoms with Gasteiger partial charge in [-0.05, 0) is 60.7 Å². The highest BCUT2D eigenvalue weighted by Crippen LogP contribution is 2.35. The lowest BCUT2D eigenvalue weighted by atomic mass is 9.88. The summed E-state index contributed by atoms with van der Waals surface area (Å²) < 4.78 is 6.31. The monoisotopic (exact) mass is 369 g/mol. The topological polar surface area (TPSA) is 94.7 Å². The van der Waals surface area contributed by atoms with Gasteiger partial charge in [-0.15, -0.1) is 0 Å². The van der Waals surface area contributed by atoms with E-state index < -0.39 is 0 Å². The highest BCUT2D eigenvalue weighted by atomic mass is 16.5. The van der Waals surface area contributed by atoms with Gasteiger partial charge < -0.3 is 15.5 Å². The summed E-state index contributed by atoms with van der Waals surface area (Å²) >= 11 is 0. The second-order valence-electron chi connectivity index (χ2n) is 6.67. The Labute approximate surface area is 163 Å². The van der Waals surface area contributed by atoms with Crippen molar-refractivity contribution in [2.45, 2.75) is 25.4 Å². The van der Waals surface area contributed by atoms with Crippen molar-refractivity contribution in [3.8, 4) is 11.8 Å². The molecule has 2 N–H and O–H groups in total. The van der Waals surface area contributed by atoms with Gasteiger partial charge in [0.1, 0.15) is 11.9 Å². The molecule has 1 aromatic heterocycles. The molecule has 28 heavy (non-hydrogen) atoms. The summed E-state index contributed by atoms with van der Waals surface area (Å²) in [5.74, 6) is 0.734. The number of hydrogen-bond acceptors (Lipinski definition) is 6. The predicted molar refractivity (Wildman–Crippen MR) is 107 cm³/mol. The zero-order valence-corrected chi connectivity index (χ0v) is 15.2. The molecular formula is C22H19N5O. The molecule has 2 aromatic carbocycles. The van der Waals surface area contributed by atoms with Crippen LogP contribution >= 0.6 is 0 Å². The Morgan fingerprint density at radius 1 is 1.18 bits per heavy atom. The zero-order valence-electron chi connectivity index (χ0n) is 15.2. The molecule has 4 rings (SSSR count). The van der Waals surface area contributed by atoms with Crippen LogP contribution in [0.15, 0.2) is 54.9 Å². The van der Waals surface area contributed by atoms with Crippen LogP contribution in [0, 0.1) is 16.7 Å². The van der Waals surface area contributed by atoms with Crippen LogP contribution in [0.3, 0.4) is 0 Å². The third kappa shape index (κ3) is 3.69. The maximum Gasteiger partial charge on any atom is 0.124 e. The van der Waals surface area contributed by atoms with Gasteiger partial charge in [-0.2, -0.15) is 15.5 Å². The van der Waals surface area contributed by atoms with Crippen LogP contribution in [-0.4, -0.2) is 16.4 Å². The van der Waals surface area contributed by atoms with E-state index in [1.54, 1.807) is 12.4 Å². The predicted octanol–water partition coefficient (Wildman–Crippen LogP) is 4.55. The van der Waals surface area contributed by atoms with Gasteiger partial charge in [0, 0.05) is 17.8 Å². The summed E-state index contributed by atoms with van der Waals surface area (Å²) in [7, 11) is 0. The Hall–Kier alpha value is -3.72. The Morgan fingerprint density at radius 2 is 2.11 bits per heavy atom. The van der Waals surface area contributed by atoms with Crippen LogP contribution in [0.25, 0.3) is 0 Å². The first-order valence-corrected chi connectivity index (χ1v) is 9.14. The molecule has 0 unspecified atom stereocenters. The van der Waals surface area contributed by atoms with Crippen molar-refractivity contribution in [1.82, 2.24) is 10.2 Å². The molecule has 0 aliphatic heterocycles. The van der Waals surface area contributed by atoms with E-state index in [4.69, 9.17) is 15.4 Å². The number of anilines is 2. The molecular weight excluding hydrogens is 350 g/mol. The zero-order chi connectivity index (χ0) is 19.3. The number of hydrogen-bond donors (Lipinski definition) is 2. The molecule has 6 heteroatoms. The quantitative estimate of drug-likeness (QED) is 0.644. The first-order valence-electron chi connectivity index (χ1n) is 9.14. The van der Waals surface area contributed by atoms with Crippen molar-refractivity contribution in [3.63, 3.8) is 0 Å². The summed E-state index contributed by atoms with van der Waals surface area (Å²) in [6.07, 6.45) is 7.44. The molecule has 0 saturated heterocycles. The number of nitrogens with one attached hydrogen (secondary N) is 2. The van der Waals surface area contributed by atoms with Crippen molar-refractivity contribution in [2.24, 2.45) is 0 Å². The summed E-state index contributed by atoms with van der Waals surface area (Å²) in [5, 5.41) is 27.7. The number of rotatable bonds is 5. The summed E-state index contributed by atoms with van der Waals surface area (Å²) in [5.41, 5.74) is 5.35. The molecule has 138 valence electrons. The molecule has 1 aliphatic carbocycles. The molecule has 0 radical (unpaired) electrons. The maximum atomic E-state index is 9.13. The van der Waals surface area contributed by atoms with Gasteiger partial charge in [-0.1, -0.05) is 6.07 Å². The SMILES string of the molecule is N#Cc1ccc2c(c1)CCC[C@H]2Oc1ccc(C=N)c(Nc2ccnnc2)c1. The van der Waals surface area contributed by atoms with Gasteiger partial charge in [-0.3, -0.25) is 0 Å². The molecule has 0 saturated carbocycles. The Balaban J connectivity index is 1.60. The van der Waals surface area contributed by atoms with E-state index in [1.807, 2.05) is 42.5 Å². The number of aryl methyl sites for hydroxylation is 1. The fourth-order valence-corrected chi connectivity index (χ4v) is 3.49. The van der Waals surface area contributed by atoms with Crippen LogP contribution in [0.5, 0.6) is 5.75 Å². The number of nitriles is 1. The van der Waals surface area contributed by atoms with E-state index in [0.717, 1.165) is 47.5 Å². The average molecular weight is 369 g/mol. The number of nitrogens with zero attached hydrogens (tertiary/aromatic N) is 3. The van der Waals surface area contributed by atoms with E-state index in [0.29, 0.717) is 5.56 Å². The van der Waals surface area contributed by atoms with Gasteiger partial charge in [-0.25, -0.2) is 0 Å². The van der Waals surface area contributed by atoms with E-state index in [2.05, 4.69) is 21.6 Å². The number of fused-ring (bicyclic) bond motifs is 1. The Kier molecular flexibility index (Phi) is 4.98.